The van der Waals surface area contributed by atoms with Crippen LogP contribution < -0.4 is 0 Å². The van der Waals surface area contributed by atoms with Gasteiger partial charge < -0.3 is 4.42 Å². The van der Waals surface area contributed by atoms with E-state index in [4.69, 9.17) is 4.42 Å². The molecule has 3 nitrogen and oxygen atoms in total. The van der Waals surface area contributed by atoms with Gasteiger partial charge in [-0.1, -0.05) is 133 Å². The number of thiophene rings is 2. The molecule has 0 atom stereocenters. The van der Waals surface area contributed by atoms with Gasteiger partial charge in [0.15, 0.2) is 0 Å². The molecule has 0 spiro atoms. The summed E-state index contributed by atoms with van der Waals surface area (Å²) in [4.78, 5) is 0. The average molecular weight is 687 g/mol. The molecule has 0 radical (unpaired) electrons. The maximum Gasteiger partial charge on any atom is 0.248 e. The lowest BCUT2D eigenvalue weighted by atomic mass is 9.94. The van der Waals surface area contributed by atoms with Crippen LogP contribution in [0.25, 0.3) is 107 Å². The number of hydrogen-bond donors (Lipinski definition) is 0. The number of benzene rings is 8. The molecule has 0 fully saturated rings. The molecule has 3 aromatic heterocycles. The first-order valence-electron chi connectivity index (χ1n) is 17.0. The fraction of sp³-hybridized carbons (Fsp3) is 0. The van der Waals surface area contributed by atoms with Crippen molar-refractivity contribution in [3.8, 4) is 45.2 Å². The Hall–Kier alpha value is -6.14. The third kappa shape index (κ3) is 4.35. The molecule has 0 aliphatic rings. The third-order valence-corrected chi connectivity index (χ3v) is 12.6. The van der Waals surface area contributed by atoms with E-state index >= 15 is 0 Å². The van der Waals surface area contributed by atoms with E-state index in [0.717, 1.165) is 32.7 Å². The second-order valence-electron chi connectivity index (χ2n) is 12.9. The van der Waals surface area contributed by atoms with Gasteiger partial charge in [-0.05, 0) is 56.9 Å². The third-order valence-electron chi connectivity index (χ3n) is 10.1. The van der Waals surface area contributed by atoms with Crippen LogP contribution in [0, 0.1) is 0 Å². The molecular formula is C46H26N2OS2. The van der Waals surface area contributed by atoms with E-state index in [1.54, 1.807) is 0 Å². The lowest BCUT2D eigenvalue weighted by Gasteiger charge is -2.11. The number of aromatic nitrogens is 2. The van der Waals surface area contributed by atoms with Crippen LogP contribution in [0.2, 0.25) is 0 Å². The van der Waals surface area contributed by atoms with Crippen molar-refractivity contribution in [2.75, 3.05) is 0 Å². The molecule has 3 heterocycles. The van der Waals surface area contributed by atoms with Crippen LogP contribution in [0.5, 0.6) is 0 Å². The number of rotatable bonds is 4. The SMILES string of the molecule is c1ccc2c(c1)sc1c(-c3ccc(-c4nnc(-c5ccc(-c6cccc7c6sc6ccccc67)c6ccccc56)o4)c4ccccc34)cccc12. The van der Waals surface area contributed by atoms with Gasteiger partial charge >= 0.3 is 0 Å². The van der Waals surface area contributed by atoms with Gasteiger partial charge in [0.05, 0.1) is 0 Å². The number of nitrogens with zero attached hydrogens (tertiary/aromatic N) is 2. The molecule has 0 saturated carbocycles. The van der Waals surface area contributed by atoms with Gasteiger partial charge in [0.25, 0.3) is 0 Å². The summed E-state index contributed by atoms with van der Waals surface area (Å²) in [5.41, 5.74) is 6.71. The minimum Gasteiger partial charge on any atom is -0.416 e. The smallest absolute Gasteiger partial charge is 0.248 e. The second kappa shape index (κ2) is 11.2. The van der Waals surface area contributed by atoms with E-state index in [0.29, 0.717) is 11.8 Å². The summed E-state index contributed by atoms with van der Waals surface area (Å²) >= 11 is 3.71. The summed E-state index contributed by atoms with van der Waals surface area (Å²) in [6.45, 7) is 0. The first-order valence-corrected chi connectivity index (χ1v) is 18.6. The van der Waals surface area contributed by atoms with E-state index in [1.807, 2.05) is 22.7 Å². The summed E-state index contributed by atoms with van der Waals surface area (Å²) in [5.74, 6) is 1.02. The Balaban J connectivity index is 1.03. The highest BCUT2D eigenvalue weighted by Crippen LogP contribution is 2.45. The van der Waals surface area contributed by atoms with Crippen LogP contribution in [0.15, 0.2) is 162 Å². The zero-order valence-electron chi connectivity index (χ0n) is 27.1. The topological polar surface area (TPSA) is 38.9 Å². The van der Waals surface area contributed by atoms with Gasteiger partial charge in [-0.15, -0.1) is 32.9 Å². The normalized spacial score (nSPS) is 11.9. The summed E-state index contributed by atoms with van der Waals surface area (Å²) in [6, 6.07) is 56.3. The van der Waals surface area contributed by atoms with Gasteiger partial charge in [-0.3, -0.25) is 0 Å². The number of fused-ring (bicyclic) bond motifs is 8. The average Bonchev–Trinajstić information content (AvgIpc) is 3.93. The Morgan fingerprint density at radius 2 is 0.647 bits per heavy atom. The predicted octanol–water partition coefficient (Wildman–Crippen LogP) is 13.8. The van der Waals surface area contributed by atoms with Crippen molar-refractivity contribution in [2.24, 2.45) is 0 Å². The Bertz CT molecular complexity index is 2950. The van der Waals surface area contributed by atoms with Crippen molar-refractivity contribution in [2.45, 2.75) is 0 Å². The van der Waals surface area contributed by atoms with E-state index < -0.39 is 0 Å². The number of hydrogen-bond acceptors (Lipinski definition) is 5. The Labute approximate surface area is 300 Å². The minimum atomic E-state index is 0.510. The zero-order valence-corrected chi connectivity index (χ0v) is 28.8. The lowest BCUT2D eigenvalue weighted by molar-refractivity contribution is 0.586. The van der Waals surface area contributed by atoms with E-state index in [9.17, 15) is 0 Å². The van der Waals surface area contributed by atoms with Crippen LogP contribution in [0.1, 0.15) is 0 Å². The van der Waals surface area contributed by atoms with Crippen molar-refractivity contribution in [3.05, 3.63) is 158 Å². The zero-order chi connectivity index (χ0) is 33.5. The Morgan fingerprint density at radius 3 is 1.10 bits per heavy atom. The molecule has 11 rings (SSSR count). The molecule has 0 bridgehead atoms. The van der Waals surface area contributed by atoms with Crippen molar-refractivity contribution in [1.29, 1.82) is 0 Å². The van der Waals surface area contributed by atoms with Gasteiger partial charge in [0.2, 0.25) is 11.8 Å². The van der Waals surface area contributed by atoms with Crippen LogP contribution >= 0.6 is 22.7 Å². The maximum atomic E-state index is 6.57. The standard InChI is InChI=1S/C46H26N2OS2/c1-3-13-29-27(11-1)31(35-17-9-19-37-33-15-5-7-21-41(33)50-43(35)37)23-25-39(29)45-47-48-46(49-45)40-26-24-32(28-12-2-4-14-30(28)40)36-18-10-20-38-34-16-6-8-22-42(34)51-44(36)38/h1-26H. The highest BCUT2D eigenvalue weighted by Gasteiger charge is 2.20. The Kier molecular flexibility index (Phi) is 6.29. The fourth-order valence-corrected chi connectivity index (χ4v) is 10.3. The van der Waals surface area contributed by atoms with Crippen molar-refractivity contribution in [1.82, 2.24) is 10.2 Å². The molecule has 0 aliphatic carbocycles. The van der Waals surface area contributed by atoms with Crippen LogP contribution in [-0.4, -0.2) is 10.2 Å². The molecular weight excluding hydrogens is 661 g/mol. The molecule has 51 heavy (non-hydrogen) atoms. The quantitative estimate of drug-likeness (QED) is 0.185. The molecule has 0 amide bonds. The van der Waals surface area contributed by atoms with Gasteiger partial charge in [0.1, 0.15) is 0 Å². The summed E-state index contributed by atoms with van der Waals surface area (Å²) in [5, 5.41) is 18.9. The summed E-state index contributed by atoms with van der Waals surface area (Å²) < 4.78 is 11.8. The van der Waals surface area contributed by atoms with E-state index in [-0.39, 0.29) is 0 Å². The van der Waals surface area contributed by atoms with Gasteiger partial charge in [-0.2, -0.15) is 0 Å². The second-order valence-corrected chi connectivity index (χ2v) is 15.0. The summed E-state index contributed by atoms with van der Waals surface area (Å²) in [6.07, 6.45) is 0. The highest BCUT2D eigenvalue weighted by molar-refractivity contribution is 7.26. The summed E-state index contributed by atoms with van der Waals surface area (Å²) in [7, 11) is 0. The fourth-order valence-electron chi connectivity index (χ4n) is 7.80. The molecule has 238 valence electrons. The Morgan fingerprint density at radius 1 is 0.294 bits per heavy atom. The monoisotopic (exact) mass is 686 g/mol. The molecule has 5 heteroatoms. The molecule has 0 saturated heterocycles. The first-order chi connectivity index (χ1) is 25.3. The predicted molar refractivity (Wildman–Crippen MR) is 217 cm³/mol. The minimum absolute atomic E-state index is 0.510. The molecule has 0 aliphatic heterocycles. The van der Waals surface area contributed by atoms with Crippen molar-refractivity contribution < 1.29 is 4.42 Å². The largest absolute Gasteiger partial charge is 0.416 e. The molecule has 0 unspecified atom stereocenters. The first kappa shape index (κ1) is 28.7. The maximum absolute atomic E-state index is 6.57. The van der Waals surface area contributed by atoms with Crippen molar-refractivity contribution in [3.63, 3.8) is 0 Å². The van der Waals surface area contributed by atoms with Crippen LogP contribution in [0.3, 0.4) is 0 Å². The van der Waals surface area contributed by atoms with Gasteiger partial charge in [-0.25, -0.2) is 0 Å². The molecule has 8 aromatic carbocycles. The van der Waals surface area contributed by atoms with Crippen LogP contribution in [0.4, 0.5) is 0 Å². The van der Waals surface area contributed by atoms with E-state index in [2.05, 4.69) is 168 Å². The highest BCUT2D eigenvalue weighted by atomic mass is 32.1. The lowest BCUT2D eigenvalue weighted by Crippen LogP contribution is -1.86. The van der Waals surface area contributed by atoms with Crippen LogP contribution in [-0.2, 0) is 0 Å². The molecule has 0 N–H and O–H groups in total. The van der Waals surface area contributed by atoms with Gasteiger partial charge in [0, 0.05) is 62.6 Å². The van der Waals surface area contributed by atoms with Crippen molar-refractivity contribution >= 4 is 84.6 Å². The molecule has 11 aromatic rings. The van der Waals surface area contributed by atoms with E-state index in [1.165, 1.54) is 62.6 Å².